The Labute approximate surface area is 157 Å². The second-order valence-corrected chi connectivity index (χ2v) is 6.05. The number of allylic oxidation sites excluding steroid dienone is 1. The van der Waals surface area contributed by atoms with Gasteiger partial charge in [-0.2, -0.15) is 0 Å². The summed E-state index contributed by atoms with van der Waals surface area (Å²) in [4.78, 5) is 30.9. The average molecular weight is 364 g/mol. The summed E-state index contributed by atoms with van der Waals surface area (Å²) in [6.45, 7) is 0.537. The summed E-state index contributed by atoms with van der Waals surface area (Å²) in [7, 11) is 1.53. The fraction of sp³-hybridized carbons (Fsp3) is 0.190. The number of ether oxygens (including phenoxy) is 1. The standard InChI is InChI=1S/C21H20N2O4/c1-27-13-12-23-19(16-8-5-11-22-14-16)18(20(25)21(23)26)17(24)10-9-15-6-3-2-4-7-15/h2-11,14,19,25H,12-13H2,1H3/b10-9+. The zero-order valence-corrected chi connectivity index (χ0v) is 14.9. The number of rotatable bonds is 7. The van der Waals surface area contributed by atoms with E-state index >= 15 is 0 Å². The maximum Gasteiger partial charge on any atom is 0.290 e. The van der Waals surface area contributed by atoms with Crippen LogP contribution in [-0.4, -0.2) is 46.9 Å². The van der Waals surface area contributed by atoms with Crippen LogP contribution in [0.2, 0.25) is 0 Å². The van der Waals surface area contributed by atoms with Gasteiger partial charge in [0.15, 0.2) is 11.5 Å². The van der Waals surface area contributed by atoms with Crippen molar-refractivity contribution < 1.29 is 19.4 Å². The molecule has 1 unspecified atom stereocenters. The van der Waals surface area contributed by atoms with Gasteiger partial charge in [-0.25, -0.2) is 0 Å². The highest BCUT2D eigenvalue weighted by Crippen LogP contribution is 2.37. The maximum atomic E-state index is 12.8. The summed E-state index contributed by atoms with van der Waals surface area (Å²) in [5, 5.41) is 10.4. The van der Waals surface area contributed by atoms with Gasteiger partial charge >= 0.3 is 0 Å². The van der Waals surface area contributed by atoms with Gasteiger partial charge in [-0.05, 0) is 23.3 Å². The van der Waals surface area contributed by atoms with Crippen LogP contribution >= 0.6 is 0 Å². The molecule has 0 radical (unpaired) electrons. The number of carbonyl (C=O) groups is 2. The highest BCUT2D eigenvalue weighted by Gasteiger charge is 2.42. The minimum atomic E-state index is -0.700. The number of aliphatic hydroxyl groups is 1. The van der Waals surface area contributed by atoms with Crippen molar-refractivity contribution in [3.8, 4) is 0 Å². The minimum absolute atomic E-state index is 0.0521. The average Bonchev–Trinajstić information content (AvgIpc) is 2.96. The zero-order valence-electron chi connectivity index (χ0n) is 14.9. The molecule has 6 heteroatoms. The third-order valence-corrected chi connectivity index (χ3v) is 4.33. The van der Waals surface area contributed by atoms with Gasteiger partial charge in [-0.3, -0.25) is 14.6 Å². The van der Waals surface area contributed by atoms with Crippen molar-refractivity contribution in [3.05, 3.63) is 83.4 Å². The molecule has 1 aliphatic heterocycles. The van der Waals surface area contributed by atoms with E-state index in [9.17, 15) is 14.7 Å². The monoisotopic (exact) mass is 364 g/mol. The number of aromatic nitrogens is 1. The molecule has 0 aliphatic carbocycles. The van der Waals surface area contributed by atoms with E-state index in [0.717, 1.165) is 5.56 Å². The van der Waals surface area contributed by atoms with Crippen molar-refractivity contribution in [2.75, 3.05) is 20.3 Å². The van der Waals surface area contributed by atoms with E-state index in [1.807, 2.05) is 30.3 Å². The van der Waals surface area contributed by atoms with Crippen LogP contribution < -0.4 is 0 Å². The van der Waals surface area contributed by atoms with Crippen molar-refractivity contribution in [1.82, 2.24) is 9.88 Å². The molecule has 1 atom stereocenters. The normalized spacial score (nSPS) is 17.1. The lowest BCUT2D eigenvalue weighted by Crippen LogP contribution is -2.33. The fourth-order valence-electron chi connectivity index (χ4n) is 3.04. The summed E-state index contributed by atoms with van der Waals surface area (Å²) in [6.07, 6.45) is 6.23. The molecular formula is C21H20N2O4. The molecule has 0 saturated heterocycles. The van der Waals surface area contributed by atoms with Crippen LogP contribution in [0, 0.1) is 0 Å². The Balaban J connectivity index is 1.95. The molecule has 1 N–H and O–H groups in total. The lowest BCUT2D eigenvalue weighted by atomic mass is 9.97. The van der Waals surface area contributed by atoms with Crippen LogP contribution in [0.1, 0.15) is 17.2 Å². The van der Waals surface area contributed by atoms with Crippen molar-refractivity contribution in [2.24, 2.45) is 0 Å². The maximum absolute atomic E-state index is 12.8. The SMILES string of the molecule is COCCN1C(=O)C(O)=C(C(=O)/C=C/c2ccccc2)C1c1cccnc1. The predicted molar refractivity (Wildman–Crippen MR) is 101 cm³/mol. The van der Waals surface area contributed by atoms with Gasteiger partial charge in [0.05, 0.1) is 18.2 Å². The van der Waals surface area contributed by atoms with Crippen molar-refractivity contribution in [3.63, 3.8) is 0 Å². The Morgan fingerprint density at radius 2 is 2.04 bits per heavy atom. The molecule has 1 aliphatic rings. The van der Waals surface area contributed by atoms with Crippen LogP contribution in [-0.2, 0) is 14.3 Å². The Hall–Kier alpha value is -3.25. The summed E-state index contributed by atoms with van der Waals surface area (Å²) in [6, 6.07) is 12.1. The van der Waals surface area contributed by atoms with E-state index in [2.05, 4.69) is 4.98 Å². The highest BCUT2D eigenvalue weighted by atomic mass is 16.5. The molecule has 1 amide bonds. The van der Waals surface area contributed by atoms with Gasteiger partial charge in [0.2, 0.25) is 0 Å². The van der Waals surface area contributed by atoms with Crippen LogP contribution in [0.25, 0.3) is 6.08 Å². The van der Waals surface area contributed by atoms with Crippen molar-refractivity contribution in [1.29, 1.82) is 0 Å². The lowest BCUT2D eigenvalue weighted by Gasteiger charge is -2.25. The van der Waals surface area contributed by atoms with Gasteiger partial charge in [0.25, 0.3) is 5.91 Å². The van der Waals surface area contributed by atoms with E-state index in [1.54, 1.807) is 30.6 Å². The molecule has 0 spiro atoms. The third kappa shape index (κ3) is 3.96. The topological polar surface area (TPSA) is 79.7 Å². The molecule has 2 aromatic rings. The Kier molecular flexibility index (Phi) is 5.78. The van der Waals surface area contributed by atoms with Gasteiger partial charge in [0, 0.05) is 26.0 Å². The quantitative estimate of drug-likeness (QED) is 0.764. The Bertz CT molecular complexity index is 876. The number of pyridine rings is 1. The van der Waals surface area contributed by atoms with Crippen molar-refractivity contribution >= 4 is 17.8 Å². The summed E-state index contributed by atoms with van der Waals surface area (Å²) in [5.41, 5.74) is 1.56. The van der Waals surface area contributed by atoms with Crippen LogP contribution in [0.3, 0.4) is 0 Å². The third-order valence-electron chi connectivity index (χ3n) is 4.33. The van der Waals surface area contributed by atoms with Crippen LogP contribution in [0.15, 0.2) is 72.3 Å². The van der Waals surface area contributed by atoms with Crippen LogP contribution in [0.5, 0.6) is 0 Å². The van der Waals surface area contributed by atoms with E-state index in [1.165, 1.54) is 18.1 Å². The largest absolute Gasteiger partial charge is 0.503 e. The molecule has 27 heavy (non-hydrogen) atoms. The number of amides is 1. The molecule has 3 rings (SSSR count). The summed E-state index contributed by atoms with van der Waals surface area (Å²) < 4.78 is 5.06. The zero-order chi connectivity index (χ0) is 19.2. The van der Waals surface area contributed by atoms with Crippen LogP contribution in [0.4, 0.5) is 0 Å². The number of aliphatic hydroxyl groups excluding tert-OH is 1. The fourth-order valence-corrected chi connectivity index (χ4v) is 3.04. The Morgan fingerprint density at radius 1 is 1.26 bits per heavy atom. The van der Waals surface area contributed by atoms with Gasteiger partial charge < -0.3 is 14.7 Å². The van der Waals surface area contributed by atoms with E-state index in [0.29, 0.717) is 5.56 Å². The molecule has 6 nitrogen and oxygen atoms in total. The minimum Gasteiger partial charge on any atom is -0.503 e. The molecule has 0 bridgehead atoms. The number of hydrogen-bond donors (Lipinski definition) is 1. The first-order chi connectivity index (χ1) is 13.1. The van der Waals surface area contributed by atoms with E-state index in [-0.39, 0.29) is 18.7 Å². The lowest BCUT2D eigenvalue weighted by molar-refractivity contribution is -0.130. The summed E-state index contributed by atoms with van der Waals surface area (Å²) in [5.74, 6) is -1.53. The number of nitrogens with zero attached hydrogens (tertiary/aromatic N) is 2. The van der Waals surface area contributed by atoms with Crippen molar-refractivity contribution in [2.45, 2.75) is 6.04 Å². The molecule has 138 valence electrons. The molecule has 1 aromatic heterocycles. The van der Waals surface area contributed by atoms with E-state index in [4.69, 9.17) is 4.74 Å². The first-order valence-electron chi connectivity index (χ1n) is 8.54. The molecule has 2 heterocycles. The smallest absolute Gasteiger partial charge is 0.290 e. The first-order valence-corrected chi connectivity index (χ1v) is 8.54. The Morgan fingerprint density at radius 3 is 2.70 bits per heavy atom. The summed E-state index contributed by atoms with van der Waals surface area (Å²) >= 11 is 0. The number of methoxy groups -OCH3 is 1. The number of ketones is 1. The van der Waals surface area contributed by atoms with Gasteiger partial charge in [-0.15, -0.1) is 0 Å². The number of benzene rings is 1. The van der Waals surface area contributed by atoms with Gasteiger partial charge in [-0.1, -0.05) is 42.5 Å². The molecule has 1 aromatic carbocycles. The van der Waals surface area contributed by atoms with E-state index < -0.39 is 23.5 Å². The first kappa shape index (κ1) is 18.5. The molecular weight excluding hydrogens is 344 g/mol. The second-order valence-electron chi connectivity index (χ2n) is 6.05. The predicted octanol–water partition coefficient (Wildman–Crippen LogP) is 2.71. The molecule has 0 fully saturated rings. The highest BCUT2D eigenvalue weighted by molar-refractivity contribution is 6.14. The number of carbonyl (C=O) groups excluding carboxylic acids is 2. The number of hydrogen-bond acceptors (Lipinski definition) is 5. The second kappa shape index (κ2) is 8.42. The van der Waals surface area contributed by atoms with Gasteiger partial charge in [0.1, 0.15) is 0 Å². The molecule has 0 saturated carbocycles.